The molecule has 1 amide bonds. The average molecular weight is 299 g/mol. The molecule has 0 aliphatic heterocycles. The van der Waals surface area contributed by atoms with Crippen LogP contribution in [-0.4, -0.2) is 24.0 Å². The maximum atomic E-state index is 12.8. The van der Waals surface area contributed by atoms with E-state index >= 15 is 0 Å². The Morgan fingerprint density at radius 2 is 2.05 bits per heavy atom. The first-order valence-corrected chi connectivity index (χ1v) is 7.01. The highest BCUT2D eigenvalue weighted by Gasteiger charge is 2.05. The van der Waals surface area contributed by atoms with Crippen molar-refractivity contribution in [2.75, 3.05) is 18.4 Å². The SMILES string of the molecule is C=CCNC(=O)c1cncc(NCCc2ccc(F)cc2)c1. The van der Waals surface area contributed by atoms with Crippen LogP contribution in [0.1, 0.15) is 15.9 Å². The first-order valence-electron chi connectivity index (χ1n) is 7.01. The molecule has 0 radical (unpaired) electrons. The van der Waals surface area contributed by atoms with Crippen LogP contribution in [-0.2, 0) is 6.42 Å². The molecule has 0 saturated carbocycles. The molecule has 2 N–H and O–H groups in total. The minimum atomic E-state index is -0.237. The van der Waals surface area contributed by atoms with E-state index in [-0.39, 0.29) is 11.7 Å². The van der Waals surface area contributed by atoms with E-state index in [1.807, 2.05) is 0 Å². The van der Waals surface area contributed by atoms with Gasteiger partial charge in [0.05, 0.1) is 11.3 Å². The summed E-state index contributed by atoms with van der Waals surface area (Å²) >= 11 is 0. The van der Waals surface area contributed by atoms with Crippen molar-refractivity contribution in [1.82, 2.24) is 10.3 Å². The van der Waals surface area contributed by atoms with Crippen LogP contribution in [0.15, 0.2) is 55.4 Å². The van der Waals surface area contributed by atoms with E-state index < -0.39 is 0 Å². The van der Waals surface area contributed by atoms with Gasteiger partial charge < -0.3 is 10.6 Å². The Kier molecular flexibility index (Phi) is 5.65. The van der Waals surface area contributed by atoms with Crippen molar-refractivity contribution in [2.24, 2.45) is 0 Å². The molecule has 4 nitrogen and oxygen atoms in total. The molecule has 0 atom stereocenters. The summed E-state index contributed by atoms with van der Waals surface area (Å²) in [5, 5.41) is 5.91. The van der Waals surface area contributed by atoms with Gasteiger partial charge in [-0.25, -0.2) is 4.39 Å². The van der Waals surface area contributed by atoms with Crippen molar-refractivity contribution in [3.63, 3.8) is 0 Å². The second-order valence-electron chi connectivity index (χ2n) is 4.76. The van der Waals surface area contributed by atoms with Gasteiger partial charge in [0, 0.05) is 25.5 Å². The van der Waals surface area contributed by atoms with Gasteiger partial charge in [-0.15, -0.1) is 6.58 Å². The maximum Gasteiger partial charge on any atom is 0.253 e. The van der Waals surface area contributed by atoms with Crippen LogP contribution >= 0.6 is 0 Å². The predicted octanol–water partition coefficient (Wildman–Crippen LogP) is 2.79. The zero-order valence-electron chi connectivity index (χ0n) is 12.2. The fourth-order valence-corrected chi connectivity index (χ4v) is 1.93. The lowest BCUT2D eigenvalue weighted by atomic mass is 10.1. The van der Waals surface area contributed by atoms with E-state index in [9.17, 15) is 9.18 Å². The summed E-state index contributed by atoms with van der Waals surface area (Å²) in [4.78, 5) is 15.9. The molecule has 5 heteroatoms. The van der Waals surface area contributed by atoms with Crippen LogP contribution < -0.4 is 10.6 Å². The quantitative estimate of drug-likeness (QED) is 0.773. The molecular formula is C17H18FN3O. The van der Waals surface area contributed by atoms with Crippen LogP contribution in [0.2, 0.25) is 0 Å². The number of amides is 1. The minimum Gasteiger partial charge on any atom is -0.383 e. The monoisotopic (exact) mass is 299 g/mol. The number of benzene rings is 1. The van der Waals surface area contributed by atoms with Crippen molar-refractivity contribution >= 4 is 11.6 Å². The first kappa shape index (κ1) is 15.7. The summed E-state index contributed by atoms with van der Waals surface area (Å²) in [6.45, 7) is 4.64. The molecule has 1 aromatic heterocycles. The second kappa shape index (κ2) is 7.93. The highest BCUT2D eigenvalue weighted by Crippen LogP contribution is 2.09. The number of pyridine rings is 1. The molecule has 0 fully saturated rings. The van der Waals surface area contributed by atoms with E-state index in [4.69, 9.17) is 0 Å². The van der Waals surface area contributed by atoms with Crippen molar-refractivity contribution in [1.29, 1.82) is 0 Å². The Hall–Kier alpha value is -2.69. The first-order chi connectivity index (χ1) is 10.7. The van der Waals surface area contributed by atoms with Crippen molar-refractivity contribution in [3.05, 3.63) is 72.3 Å². The molecule has 0 bridgehead atoms. The van der Waals surface area contributed by atoms with Gasteiger partial charge in [-0.05, 0) is 30.2 Å². The number of aromatic nitrogens is 1. The number of hydrogen-bond donors (Lipinski definition) is 2. The summed E-state index contributed by atoms with van der Waals surface area (Å²) in [6, 6.07) is 8.15. The summed E-state index contributed by atoms with van der Waals surface area (Å²) in [7, 11) is 0. The molecular weight excluding hydrogens is 281 g/mol. The van der Waals surface area contributed by atoms with Gasteiger partial charge >= 0.3 is 0 Å². The number of halogens is 1. The number of rotatable bonds is 7. The van der Waals surface area contributed by atoms with Crippen LogP contribution in [0.25, 0.3) is 0 Å². The highest BCUT2D eigenvalue weighted by atomic mass is 19.1. The lowest BCUT2D eigenvalue weighted by Gasteiger charge is -2.08. The summed E-state index contributed by atoms with van der Waals surface area (Å²) in [5.74, 6) is -0.422. The van der Waals surface area contributed by atoms with Crippen LogP contribution in [0.4, 0.5) is 10.1 Å². The van der Waals surface area contributed by atoms with Crippen molar-refractivity contribution in [3.8, 4) is 0 Å². The molecule has 0 saturated heterocycles. The number of anilines is 1. The highest BCUT2D eigenvalue weighted by molar-refractivity contribution is 5.94. The van der Waals surface area contributed by atoms with Crippen LogP contribution in [0.3, 0.4) is 0 Å². The third-order valence-electron chi connectivity index (χ3n) is 3.06. The lowest BCUT2D eigenvalue weighted by molar-refractivity contribution is 0.0957. The molecule has 2 aromatic rings. The van der Waals surface area contributed by atoms with Gasteiger partial charge in [0.2, 0.25) is 0 Å². The van der Waals surface area contributed by atoms with E-state index in [0.717, 1.165) is 17.7 Å². The Morgan fingerprint density at radius 1 is 1.27 bits per heavy atom. The van der Waals surface area contributed by atoms with E-state index in [1.165, 1.54) is 18.3 Å². The van der Waals surface area contributed by atoms with Gasteiger partial charge in [-0.2, -0.15) is 0 Å². The predicted molar refractivity (Wildman–Crippen MR) is 85.4 cm³/mol. The fourth-order valence-electron chi connectivity index (χ4n) is 1.93. The average Bonchev–Trinajstić information content (AvgIpc) is 2.55. The van der Waals surface area contributed by atoms with Crippen LogP contribution in [0, 0.1) is 5.82 Å². The van der Waals surface area contributed by atoms with Gasteiger partial charge in [0.1, 0.15) is 5.82 Å². The van der Waals surface area contributed by atoms with E-state index in [1.54, 1.807) is 30.5 Å². The minimum absolute atomic E-state index is 0.186. The number of hydrogen-bond acceptors (Lipinski definition) is 3. The topological polar surface area (TPSA) is 54.0 Å². The zero-order valence-corrected chi connectivity index (χ0v) is 12.2. The Labute approximate surface area is 129 Å². The molecule has 0 aliphatic carbocycles. The fraction of sp³-hybridized carbons (Fsp3) is 0.176. The maximum absolute atomic E-state index is 12.8. The van der Waals surface area contributed by atoms with E-state index in [0.29, 0.717) is 18.7 Å². The molecule has 2 rings (SSSR count). The summed E-state index contributed by atoms with van der Waals surface area (Å²) in [5.41, 5.74) is 2.31. The van der Waals surface area contributed by atoms with Gasteiger partial charge in [0.15, 0.2) is 0 Å². The molecule has 0 spiro atoms. The Balaban J connectivity index is 1.88. The molecule has 114 valence electrons. The number of nitrogens with zero attached hydrogens (tertiary/aromatic N) is 1. The third kappa shape index (κ3) is 4.70. The Bertz CT molecular complexity index is 641. The zero-order chi connectivity index (χ0) is 15.8. The second-order valence-corrected chi connectivity index (χ2v) is 4.76. The largest absolute Gasteiger partial charge is 0.383 e. The van der Waals surface area contributed by atoms with Gasteiger partial charge in [0.25, 0.3) is 5.91 Å². The number of carbonyl (C=O) groups is 1. The molecule has 22 heavy (non-hydrogen) atoms. The van der Waals surface area contributed by atoms with Crippen molar-refractivity contribution in [2.45, 2.75) is 6.42 Å². The lowest BCUT2D eigenvalue weighted by Crippen LogP contribution is -2.23. The van der Waals surface area contributed by atoms with Gasteiger partial charge in [-0.3, -0.25) is 9.78 Å². The molecule has 1 aromatic carbocycles. The molecule has 0 aliphatic rings. The number of nitrogens with one attached hydrogen (secondary N) is 2. The Morgan fingerprint density at radius 3 is 2.77 bits per heavy atom. The molecule has 1 heterocycles. The number of carbonyl (C=O) groups excluding carboxylic acids is 1. The third-order valence-corrected chi connectivity index (χ3v) is 3.06. The van der Waals surface area contributed by atoms with Gasteiger partial charge in [-0.1, -0.05) is 18.2 Å². The van der Waals surface area contributed by atoms with Crippen LogP contribution in [0.5, 0.6) is 0 Å². The normalized spacial score (nSPS) is 10.0. The van der Waals surface area contributed by atoms with E-state index in [2.05, 4.69) is 22.2 Å². The standard InChI is InChI=1S/C17H18FN3O/c1-2-8-21-17(22)14-10-16(12-19-11-14)20-9-7-13-3-5-15(18)6-4-13/h2-6,10-12,20H,1,7-9H2,(H,21,22). The smallest absolute Gasteiger partial charge is 0.253 e. The summed E-state index contributed by atoms with van der Waals surface area (Å²) in [6.07, 6.45) is 5.56. The summed E-state index contributed by atoms with van der Waals surface area (Å²) < 4.78 is 12.8. The molecule has 0 unspecified atom stereocenters. The van der Waals surface area contributed by atoms with Crippen molar-refractivity contribution < 1.29 is 9.18 Å².